The van der Waals surface area contributed by atoms with Gasteiger partial charge >= 0.3 is 0 Å². The number of hydrogen-bond donors (Lipinski definition) is 2. The Labute approximate surface area is 108 Å². The summed E-state index contributed by atoms with van der Waals surface area (Å²) < 4.78 is 3.85. The van der Waals surface area contributed by atoms with Crippen LogP contribution >= 0.6 is 23.1 Å². The number of anilines is 1. The van der Waals surface area contributed by atoms with Gasteiger partial charge in [-0.1, -0.05) is 23.7 Å². The standard InChI is InChI=1S/C11H10ClN3OS/c12-8-3-1-7(2-4-8)6-14-11(16)9-5-10(13)15-17-9/h1-5H,6H2,(H2,13,15)(H,14,16). The lowest BCUT2D eigenvalue weighted by Gasteiger charge is -2.03. The van der Waals surface area contributed by atoms with E-state index in [1.807, 2.05) is 12.1 Å². The molecule has 88 valence electrons. The molecular formula is C11H10ClN3OS. The molecule has 0 saturated carbocycles. The van der Waals surface area contributed by atoms with E-state index in [0.29, 0.717) is 22.3 Å². The number of halogens is 1. The van der Waals surface area contributed by atoms with Gasteiger partial charge in [0.25, 0.3) is 5.91 Å². The molecule has 2 rings (SSSR count). The van der Waals surface area contributed by atoms with Gasteiger partial charge < -0.3 is 11.1 Å². The summed E-state index contributed by atoms with van der Waals surface area (Å²) in [5.41, 5.74) is 6.43. The first-order valence-electron chi connectivity index (χ1n) is 4.90. The highest BCUT2D eigenvalue weighted by molar-refractivity contribution is 7.08. The Balaban J connectivity index is 1.94. The fraction of sp³-hybridized carbons (Fsp3) is 0.0909. The number of nitrogens with zero attached hydrogens (tertiary/aromatic N) is 1. The Morgan fingerprint density at radius 3 is 2.71 bits per heavy atom. The van der Waals surface area contributed by atoms with Gasteiger partial charge in [0.2, 0.25) is 0 Å². The van der Waals surface area contributed by atoms with Gasteiger partial charge in [-0.25, -0.2) is 0 Å². The molecular weight excluding hydrogens is 258 g/mol. The van der Waals surface area contributed by atoms with E-state index in [9.17, 15) is 4.79 Å². The maximum Gasteiger partial charge on any atom is 0.263 e. The molecule has 0 saturated heterocycles. The summed E-state index contributed by atoms with van der Waals surface area (Å²) in [5, 5.41) is 3.46. The first-order chi connectivity index (χ1) is 8.15. The van der Waals surface area contributed by atoms with E-state index in [2.05, 4.69) is 9.69 Å². The predicted molar refractivity (Wildman–Crippen MR) is 69.1 cm³/mol. The van der Waals surface area contributed by atoms with Crippen LogP contribution in [0.25, 0.3) is 0 Å². The van der Waals surface area contributed by atoms with Gasteiger partial charge in [0.1, 0.15) is 10.7 Å². The second kappa shape index (κ2) is 5.16. The second-order valence-corrected chi connectivity index (χ2v) is 4.67. The molecule has 0 bridgehead atoms. The van der Waals surface area contributed by atoms with Crippen LogP contribution in [0.3, 0.4) is 0 Å². The van der Waals surface area contributed by atoms with E-state index in [1.165, 1.54) is 0 Å². The number of benzene rings is 1. The molecule has 2 aromatic rings. The summed E-state index contributed by atoms with van der Waals surface area (Å²) in [6.45, 7) is 0.452. The number of aromatic nitrogens is 1. The topological polar surface area (TPSA) is 68.0 Å². The minimum absolute atomic E-state index is 0.172. The highest BCUT2D eigenvalue weighted by atomic mass is 35.5. The molecule has 0 aliphatic carbocycles. The number of nitrogen functional groups attached to an aromatic ring is 1. The maximum atomic E-state index is 11.7. The van der Waals surface area contributed by atoms with Crippen molar-refractivity contribution in [1.29, 1.82) is 0 Å². The summed E-state index contributed by atoms with van der Waals surface area (Å²) in [7, 11) is 0. The summed E-state index contributed by atoms with van der Waals surface area (Å²) in [6, 6.07) is 8.86. The van der Waals surface area contributed by atoms with Crippen LogP contribution in [0.5, 0.6) is 0 Å². The Bertz CT molecular complexity index is 524. The van der Waals surface area contributed by atoms with Crippen molar-refractivity contribution in [2.24, 2.45) is 0 Å². The lowest BCUT2D eigenvalue weighted by molar-refractivity contribution is 0.0955. The normalized spacial score (nSPS) is 10.2. The van der Waals surface area contributed by atoms with Crippen molar-refractivity contribution in [1.82, 2.24) is 9.69 Å². The Kier molecular flexibility index (Phi) is 3.61. The van der Waals surface area contributed by atoms with Crippen molar-refractivity contribution in [3.8, 4) is 0 Å². The zero-order valence-electron chi connectivity index (χ0n) is 8.81. The van der Waals surface area contributed by atoms with E-state index >= 15 is 0 Å². The first kappa shape index (κ1) is 11.9. The van der Waals surface area contributed by atoms with Crippen molar-refractivity contribution in [2.45, 2.75) is 6.54 Å². The van der Waals surface area contributed by atoms with E-state index in [0.717, 1.165) is 17.1 Å². The molecule has 6 heteroatoms. The van der Waals surface area contributed by atoms with E-state index < -0.39 is 0 Å². The van der Waals surface area contributed by atoms with Gasteiger partial charge in [-0.15, -0.1) is 0 Å². The molecule has 17 heavy (non-hydrogen) atoms. The van der Waals surface area contributed by atoms with Gasteiger partial charge in [-0.3, -0.25) is 4.79 Å². The third kappa shape index (κ3) is 3.18. The molecule has 0 aliphatic rings. The van der Waals surface area contributed by atoms with Gasteiger partial charge in [-0.2, -0.15) is 4.37 Å². The monoisotopic (exact) mass is 267 g/mol. The summed E-state index contributed by atoms with van der Waals surface area (Å²) in [6.07, 6.45) is 0. The molecule has 0 radical (unpaired) electrons. The lowest BCUT2D eigenvalue weighted by Crippen LogP contribution is -2.21. The highest BCUT2D eigenvalue weighted by Crippen LogP contribution is 2.12. The zero-order valence-corrected chi connectivity index (χ0v) is 10.4. The van der Waals surface area contributed by atoms with Gasteiger partial charge in [0, 0.05) is 17.6 Å². The molecule has 0 unspecified atom stereocenters. The van der Waals surface area contributed by atoms with Crippen LogP contribution < -0.4 is 11.1 Å². The summed E-state index contributed by atoms with van der Waals surface area (Å²) in [4.78, 5) is 12.2. The highest BCUT2D eigenvalue weighted by Gasteiger charge is 2.08. The fourth-order valence-corrected chi connectivity index (χ4v) is 1.98. The molecule has 1 amide bonds. The van der Waals surface area contributed by atoms with Gasteiger partial charge in [0.15, 0.2) is 0 Å². The number of hydrogen-bond acceptors (Lipinski definition) is 4. The van der Waals surface area contributed by atoms with Crippen molar-refractivity contribution in [3.05, 3.63) is 45.8 Å². The van der Waals surface area contributed by atoms with Crippen molar-refractivity contribution >= 4 is 34.9 Å². The van der Waals surface area contributed by atoms with Crippen LogP contribution in [-0.2, 0) is 6.54 Å². The Morgan fingerprint density at radius 1 is 1.41 bits per heavy atom. The molecule has 0 fully saturated rings. The fourth-order valence-electron chi connectivity index (χ4n) is 1.27. The van der Waals surface area contributed by atoms with Crippen LogP contribution in [0.4, 0.5) is 5.82 Å². The largest absolute Gasteiger partial charge is 0.383 e. The number of amides is 1. The maximum absolute atomic E-state index is 11.7. The zero-order chi connectivity index (χ0) is 12.3. The van der Waals surface area contributed by atoms with Crippen LogP contribution in [0.15, 0.2) is 30.3 Å². The number of carbonyl (C=O) groups excluding carboxylic acids is 1. The van der Waals surface area contributed by atoms with E-state index in [4.69, 9.17) is 17.3 Å². The molecule has 0 spiro atoms. The van der Waals surface area contributed by atoms with Crippen LogP contribution in [0.1, 0.15) is 15.2 Å². The molecule has 1 aromatic carbocycles. The second-order valence-electron chi connectivity index (χ2n) is 3.43. The number of nitrogens with two attached hydrogens (primary N) is 1. The molecule has 0 aliphatic heterocycles. The van der Waals surface area contributed by atoms with Crippen LogP contribution in [0, 0.1) is 0 Å². The quantitative estimate of drug-likeness (QED) is 0.897. The average Bonchev–Trinajstić information content (AvgIpc) is 2.75. The minimum Gasteiger partial charge on any atom is -0.383 e. The Morgan fingerprint density at radius 2 is 2.12 bits per heavy atom. The predicted octanol–water partition coefficient (Wildman–Crippen LogP) is 2.31. The SMILES string of the molecule is Nc1cc(C(=O)NCc2ccc(Cl)cc2)sn1. The molecule has 4 nitrogen and oxygen atoms in total. The third-order valence-corrected chi connectivity index (χ3v) is 3.17. The van der Waals surface area contributed by atoms with Crippen molar-refractivity contribution in [2.75, 3.05) is 5.73 Å². The number of rotatable bonds is 3. The van der Waals surface area contributed by atoms with E-state index in [1.54, 1.807) is 18.2 Å². The van der Waals surface area contributed by atoms with E-state index in [-0.39, 0.29) is 5.91 Å². The summed E-state index contributed by atoms with van der Waals surface area (Å²) >= 11 is 6.85. The van der Waals surface area contributed by atoms with Crippen LogP contribution in [0.2, 0.25) is 5.02 Å². The average molecular weight is 268 g/mol. The number of nitrogens with one attached hydrogen (secondary N) is 1. The first-order valence-corrected chi connectivity index (χ1v) is 6.05. The van der Waals surface area contributed by atoms with Gasteiger partial charge in [-0.05, 0) is 29.2 Å². The third-order valence-electron chi connectivity index (χ3n) is 2.12. The lowest BCUT2D eigenvalue weighted by atomic mass is 10.2. The van der Waals surface area contributed by atoms with Crippen molar-refractivity contribution < 1.29 is 4.79 Å². The molecule has 1 heterocycles. The molecule has 0 atom stereocenters. The Hall–Kier alpha value is -1.59. The van der Waals surface area contributed by atoms with Crippen molar-refractivity contribution in [3.63, 3.8) is 0 Å². The van der Waals surface area contributed by atoms with Crippen LogP contribution in [-0.4, -0.2) is 10.3 Å². The minimum atomic E-state index is -0.172. The summed E-state index contributed by atoms with van der Waals surface area (Å²) in [5.74, 6) is 0.195. The van der Waals surface area contributed by atoms with Gasteiger partial charge in [0.05, 0.1) is 0 Å². The number of carbonyl (C=O) groups is 1. The smallest absolute Gasteiger partial charge is 0.263 e. The molecule has 3 N–H and O–H groups in total. The molecule has 1 aromatic heterocycles.